The number of β-amino-alcohol motifs (C(OH)–C–C–N with tert-alkyl or cyclic N) is 1. The molecular weight excluding hydrogens is 376 g/mol. The van der Waals surface area contributed by atoms with Gasteiger partial charge in [0.25, 0.3) is 0 Å². The number of piperazine rings is 1. The van der Waals surface area contributed by atoms with E-state index in [1.807, 2.05) is 35.3 Å². The van der Waals surface area contributed by atoms with Crippen molar-refractivity contribution in [2.24, 2.45) is 0 Å². The fraction of sp³-hybridized carbons (Fsp3) is 0.391. The van der Waals surface area contributed by atoms with Crippen LogP contribution in [0.5, 0.6) is 0 Å². The second-order valence-corrected chi connectivity index (χ2v) is 8.16. The van der Waals surface area contributed by atoms with Crippen molar-refractivity contribution < 1.29 is 5.11 Å². The van der Waals surface area contributed by atoms with Crippen LogP contribution in [0.3, 0.4) is 0 Å². The lowest BCUT2D eigenvalue weighted by Gasteiger charge is -2.39. The fourth-order valence-corrected chi connectivity index (χ4v) is 4.64. The number of benzene rings is 1. The molecule has 2 saturated heterocycles. The molecule has 5 rings (SSSR count). The highest BCUT2D eigenvalue weighted by Gasteiger charge is 2.36. The lowest BCUT2D eigenvalue weighted by atomic mass is 10.1. The van der Waals surface area contributed by atoms with Crippen molar-refractivity contribution in [1.82, 2.24) is 24.6 Å². The minimum absolute atomic E-state index is 0.199. The van der Waals surface area contributed by atoms with Gasteiger partial charge in [-0.1, -0.05) is 18.2 Å². The van der Waals surface area contributed by atoms with Gasteiger partial charge < -0.3 is 10.0 Å². The van der Waals surface area contributed by atoms with E-state index in [1.54, 1.807) is 6.20 Å². The van der Waals surface area contributed by atoms with Gasteiger partial charge in [-0.3, -0.25) is 9.80 Å². The summed E-state index contributed by atoms with van der Waals surface area (Å²) in [5.74, 6) is 1.04. The predicted molar refractivity (Wildman–Crippen MR) is 117 cm³/mol. The summed E-state index contributed by atoms with van der Waals surface area (Å²) in [6.07, 6.45) is 5.30. The van der Waals surface area contributed by atoms with E-state index < -0.39 is 0 Å². The van der Waals surface area contributed by atoms with Crippen LogP contribution in [-0.4, -0.2) is 81.1 Å². The number of aliphatic hydroxyl groups excluding tert-OH is 1. The Kier molecular flexibility index (Phi) is 5.48. The molecule has 2 atom stereocenters. The first-order valence-corrected chi connectivity index (χ1v) is 10.7. The third kappa shape index (κ3) is 4.09. The maximum absolute atomic E-state index is 10.8. The number of anilines is 1. The van der Waals surface area contributed by atoms with Gasteiger partial charge in [0.15, 0.2) is 0 Å². The standard InChI is InChI=1S/C23H28N6O/c30-22-18-26(16-19-5-3-6-20(15-19)29-10-4-9-25-29)17-21(22)27-11-13-28(14-12-27)23-7-1-2-8-24-23/h1-10,15,21-22,30H,11-14,16-18H2/t21-,22-/m1/s1. The molecule has 0 spiro atoms. The molecule has 2 fully saturated rings. The number of aliphatic hydroxyl groups is 1. The minimum Gasteiger partial charge on any atom is -0.390 e. The minimum atomic E-state index is -0.305. The van der Waals surface area contributed by atoms with E-state index >= 15 is 0 Å². The molecule has 0 radical (unpaired) electrons. The number of aromatic nitrogens is 3. The van der Waals surface area contributed by atoms with Gasteiger partial charge in [-0.05, 0) is 35.9 Å². The van der Waals surface area contributed by atoms with Crippen LogP contribution >= 0.6 is 0 Å². The van der Waals surface area contributed by atoms with Crippen LogP contribution in [0.4, 0.5) is 5.82 Å². The first-order chi connectivity index (χ1) is 14.8. The van der Waals surface area contributed by atoms with Gasteiger partial charge in [-0.15, -0.1) is 0 Å². The number of nitrogens with zero attached hydrogens (tertiary/aromatic N) is 6. The van der Waals surface area contributed by atoms with Crippen LogP contribution in [0.2, 0.25) is 0 Å². The van der Waals surface area contributed by atoms with E-state index in [2.05, 4.69) is 55.1 Å². The number of hydrogen-bond donors (Lipinski definition) is 1. The third-order valence-electron chi connectivity index (χ3n) is 6.18. The molecule has 1 N–H and O–H groups in total. The van der Waals surface area contributed by atoms with Crippen molar-refractivity contribution in [3.8, 4) is 5.69 Å². The normalized spacial score (nSPS) is 23.2. The molecule has 3 aromatic rings. The number of pyridine rings is 1. The van der Waals surface area contributed by atoms with E-state index in [4.69, 9.17) is 0 Å². The Hall–Kier alpha value is -2.74. The van der Waals surface area contributed by atoms with E-state index in [9.17, 15) is 5.11 Å². The molecule has 0 saturated carbocycles. The average molecular weight is 405 g/mol. The summed E-state index contributed by atoms with van der Waals surface area (Å²) in [4.78, 5) is 11.6. The van der Waals surface area contributed by atoms with Crippen LogP contribution in [-0.2, 0) is 6.54 Å². The summed E-state index contributed by atoms with van der Waals surface area (Å²) in [6, 6.07) is 16.7. The second-order valence-electron chi connectivity index (χ2n) is 8.16. The Morgan fingerprint density at radius 1 is 0.933 bits per heavy atom. The topological polar surface area (TPSA) is 60.7 Å². The summed E-state index contributed by atoms with van der Waals surface area (Å²) in [5, 5.41) is 15.1. The summed E-state index contributed by atoms with van der Waals surface area (Å²) in [6.45, 7) is 6.28. The van der Waals surface area contributed by atoms with Gasteiger partial charge in [0.1, 0.15) is 5.82 Å². The quantitative estimate of drug-likeness (QED) is 0.698. The summed E-state index contributed by atoms with van der Waals surface area (Å²) < 4.78 is 1.88. The molecule has 7 nitrogen and oxygen atoms in total. The van der Waals surface area contributed by atoms with Gasteiger partial charge in [0.05, 0.1) is 11.8 Å². The molecule has 7 heteroatoms. The summed E-state index contributed by atoms with van der Waals surface area (Å²) in [5.41, 5.74) is 2.32. The van der Waals surface area contributed by atoms with Crippen molar-refractivity contribution in [2.75, 3.05) is 44.2 Å². The molecule has 1 aromatic carbocycles. The highest BCUT2D eigenvalue weighted by molar-refractivity contribution is 5.38. The zero-order valence-corrected chi connectivity index (χ0v) is 17.1. The molecule has 0 aliphatic carbocycles. The zero-order valence-electron chi connectivity index (χ0n) is 17.1. The van der Waals surface area contributed by atoms with Gasteiger partial charge in [0, 0.05) is 70.4 Å². The Labute approximate surface area is 177 Å². The van der Waals surface area contributed by atoms with Crippen LogP contribution < -0.4 is 4.90 Å². The fourth-order valence-electron chi connectivity index (χ4n) is 4.64. The Morgan fingerprint density at radius 2 is 1.83 bits per heavy atom. The third-order valence-corrected chi connectivity index (χ3v) is 6.18. The number of rotatable bonds is 5. The van der Waals surface area contributed by atoms with Crippen LogP contribution in [0.25, 0.3) is 5.69 Å². The molecule has 0 unspecified atom stereocenters. The average Bonchev–Trinajstić information content (AvgIpc) is 3.45. The zero-order chi connectivity index (χ0) is 20.3. The molecule has 2 aliphatic rings. The number of likely N-dealkylation sites (tertiary alicyclic amines) is 1. The monoisotopic (exact) mass is 404 g/mol. The Morgan fingerprint density at radius 3 is 2.60 bits per heavy atom. The molecule has 2 aliphatic heterocycles. The molecule has 4 heterocycles. The molecule has 2 aromatic heterocycles. The van der Waals surface area contributed by atoms with Crippen molar-refractivity contribution in [2.45, 2.75) is 18.7 Å². The first-order valence-electron chi connectivity index (χ1n) is 10.7. The molecule has 30 heavy (non-hydrogen) atoms. The lowest BCUT2D eigenvalue weighted by molar-refractivity contribution is 0.0790. The first kappa shape index (κ1) is 19.2. The smallest absolute Gasteiger partial charge is 0.128 e. The molecule has 156 valence electrons. The van der Waals surface area contributed by atoms with Gasteiger partial charge >= 0.3 is 0 Å². The van der Waals surface area contributed by atoms with E-state index in [-0.39, 0.29) is 12.1 Å². The van der Waals surface area contributed by atoms with Crippen molar-refractivity contribution in [3.63, 3.8) is 0 Å². The maximum atomic E-state index is 10.8. The Bertz CT molecular complexity index is 939. The summed E-state index contributed by atoms with van der Waals surface area (Å²) in [7, 11) is 0. The largest absolute Gasteiger partial charge is 0.390 e. The highest BCUT2D eigenvalue weighted by atomic mass is 16.3. The van der Waals surface area contributed by atoms with Gasteiger partial charge in [-0.25, -0.2) is 9.67 Å². The highest BCUT2D eigenvalue weighted by Crippen LogP contribution is 2.22. The van der Waals surface area contributed by atoms with Crippen LogP contribution in [0, 0.1) is 0 Å². The SMILES string of the molecule is O[C@@H]1CN(Cc2cccc(-n3cccn3)c2)C[C@H]1N1CCN(c2ccccn2)CC1. The van der Waals surface area contributed by atoms with Crippen molar-refractivity contribution >= 4 is 5.82 Å². The second kappa shape index (κ2) is 8.55. The predicted octanol–water partition coefficient (Wildman–Crippen LogP) is 1.63. The van der Waals surface area contributed by atoms with Crippen LogP contribution in [0.15, 0.2) is 67.1 Å². The van der Waals surface area contributed by atoms with E-state index in [1.165, 1.54) is 5.56 Å². The molecule has 0 bridgehead atoms. The maximum Gasteiger partial charge on any atom is 0.128 e. The lowest BCUT2D eigenvalue weighted by Crippen LogP contribution is -2.53. The van der Waals surface area contributed by atoms with Crippen molar-refractivity contribution in [1.29, 1.82) is 0 Å². The van der Waals surface area contributed by atoms with Gasteiger partial charge in [0.2, 0.25) is 0 Å². The van der Waals surface area contributed by atoms with Gasteiger partial charge in [-0.2, -0.15) is 5.10 Å². The van der Waals surface area contributed by atoms with Crippen LogP contribution in [0.1, 0.15) is 5.56 Å². The van der Waals surface area contributed by atoms with E-state index in [0.29, 0.717) is 0 Å². The van der Waals surface area contributed by atoms with E-state index in [0.717, 1.165) is 57.3 Å². The molecule has 0 amide bonds. The molecular formula is C23H28N6O. The summed E-state index contributed by atoms with van der Waals surface area (Å²) >= 11 is 0. The number of hydrogen-bond acceptors (Lipinski definition) is 6. The Balaban J connectivity index is 1.18. The van der Waals surface area contributed by atoms with Crippen molar-refractivity contribution in [3.05, 3.63) is 72.7 Å².